The summed E-state index contributed by atoms with van der Waals surface area (Å²) in [6.45, 7) is 5.74. The van der Waals surface area contributed by atoms with Gasteiger partial charge in [0.1, 0.15) is 35.8 Å². The molecule has 0 N–H and O–H groups in total. The van der Waals surface area contributed by atoms with E-state index in [9.17, 15) is 9.59 Å². The van der Waals surface area contributed by atoms with Crippen molar-refractivity contribution < 1.29 is 23.2 Å². The van der Waals surface area contributed by atoms with Gasteiger partial charge in [0.2, 0.25) is 16.9 Å². The van der Waals surface area contributed by atoms with Gasteiger partial charge in [-0.15, -0.1) is 0 Å². The van der Waals surface area contributed by atoms with Gasteiger partial charge in [-0.2, -0.15) is 0 Å². The average molecular weight is 432 g/mol. The molecular formula is C23H16N2O5S. The van der Waals surface area contributed by atoms with E-state index in [0.29, 0.717) is 40.2 Å². The summed E-state index contributed by atoms with van der Waals surface area (Å²) in [7, 11) is 0. The molecule has 0 spiro atoms. The number of oxazole rings is 1. The number of benzene rings is 2. The predicted molar refractivity (Wildman–Crippen MR) is 117 cm³/mol. The van der Waals surface area contributed by atoms with Gasteiger partial charge < -0.3 is 13.6 Å². The highest BCUT2D eigenvalue weighted by molar-refractivity contribution is 8.27. The van der Waals surface area contributed by atoms with Crippen LogP contribution < -0.4 is 9.64 Å². The highest BCUT2D eigenvalue weighted by Gasteiger charge is 2.37. The van der Waals surface area contributed by atoms with Crippen LogP contribution in [0.2, 0.25) is 0 Å². The first kappa shape index (κ1) is 19.2. The second-order valence-corrected chi connectivity index (χ2v) is 7.83. The van der Waals surface area contributed by atoms with E-state index in [2.05, 4.69) is 11.6 Å². The summed E-state index contributed by atoms with van der Waals surface area (Å²) < 4.78 is 17.3. The molecule has 1 saturated heterocycles. The van der Waals surface area contributed by atoms with Gasteiger partial charge in [0, 0.05) is 28.1 Å². The Morgan fingerprint density at radius 3 is 2.71 bits per heavy atom. The Labute approximate surface area is 181 Å². The molecule has 0 atom stereocenters. The first-order valence-corrected chi connectivity index (χ1v) is 10.2. The number of fused-ring (bicyclic) bond motifs is 1. The molecule has 2 aromatic heterocycles. The van der Waals surface area contributed by atoms with Gasteiger partial charge in [-0.05, 0) is 37.3 Å². The Morgan fingerprint density at radius 1 is 1.16 bits per heavy atom. The molecule has 5 rings (SSSR count). The second kappa shape index (κ2) is 7.48. The molecule has 1 aliphatic rings. The summed E-state index contributed by atoms with van der Waals surface area (Å²) in [5.74, 6) is 2.03. The first-order valence-electron chi connectivity index (χ1n) is 9.42. The lowest BCUT2D eigenvalue weighted by molar-refractivity contribution is -0.107. The monoisotopic (exact) mass is 432 g/mol. The van der Waals surface area contributed by atoms with Gasteiger partial charge in [-0.25, -0.2) is 9.88 Å². The zero-order valence-electron chi connectivity index (χ0n) is 16.5. The van der Waals surface area contributed by atoms with Crippen LogP contribution >= 0.6 is 11.8 Å². The lowest BCUT2D eigenvalue weighted by atomic mass is 10.2. The van der Waals surface area contributed by atoms with Gasteiger partial charge in [-0.3, -0.25) is 9.59 Å². The summed E-state index contributed by atoms with van der Waals surface area (Å²) in [5.41, 5.74) is 1.66. The minimum Gasteiger partial charge on any atom is -0.487 e. The molecule has 31 heavy (non-hydrogen) atoms. The Balaban J connectivity index is 1.40. The highest BCUT2D eigenvalue weighted by Crippen LogP contribution is 2.39. The van der Waals surface area contributed by atoms with Gasteiger partial charge in [0.15, 0.2) is 0 Å². The molecule has 2 aromatic carbocycles. The third-order valence-corrected chi connectivity index (χ3v) is 5.69. The van der Waals surface area contributed by atoms with Crippen molar-refractivity contribution in [1.29, 1.82) is 0 Å². The molecule has 4 aromatic rings. The fraction of sp³-hybridized carbons (Fsp3) is 0.0870. The molecule has 1 amide bonds. The molecule has 7 nitrogen and oxygen atoms in total. The lowest BCUT2D eigenvalue weighted by Gasteiger charge is -2.12. The van der Waals surface area contributed by atoms with Crippen molar-refractivity contribution in [2.45, 2.75) is 13.5 Å². The molecule has 0 radical (unpaired) electrons. The topological polar surface area (TPSA) is 85.8 Å². The third kappa shape index (κ3) is 3.40. The summed E-state index contributed by atoms with van der Waals surface area (Å²) in [6.07, 6.45) is 1.52. The van der Waals surface area contributed by atoms with Crippen LogP contribution in [-0.4, -0.2) is 15.3 Å². The normalized spacial score (nSPS) is 14.1. The molecule has 0 saturated carbocycles. The van der Waals surface area contributed by atoms with Crippen molar-refractivity contribution in [2.75, 3.05) is 4.90 Å². The fourth-order valence-electron chi connectivity index (χ4n) is 3.28. The van der Waals surface area contributed by atoms with Crippen LogP contribution in [0.5, 0.6) is 5.75 Å². The van der Waals surface area contributed by atoms with Crippen molar-refractivity contribution >= 4 is 38.8 Å². The number of hydrogen-bond donors (Lipinski definition) is 0. The highest BCUT2D eigenvalue weighted by atomic mass is 32.2. The van der Waals surface area contributed by atoms with Crippen molar-refractivity contribution in [3.05, 3.63) is 78.5 Å². The molecule has 1 fully saturated rings. The SMILES string of the molecule is C=C1C(=O)SC(=O)N1c1occ2ccc(OCc3nc(-c4ccccc4)oc3C)cc12. The van der Waals surface area contributed by atoms with Gasteiger partial charge in [0.05, 0.1) is 0 Å². The molecular weight excluding hydrogens is 416 g/mol. The standard InChI is InChI=1S/C23H16N2O5S/c1-13-22(26)31-23(27)25(13)21-18-10-17(9-8-16(18)11-29-21)28-12-19-14(2)30-20(24-19)15-6-4-3-5-7-15/h3-11H,1,12H2,2H3. The molecule has 0 unspecified atom stereocenters. The number of amides is 1. The summed E-state index contributed by atoms with van der Waals surface area (Å²) in [6, 6.07) is 15.0. The van der Waals surface area contributed by atoms with E-state index in [0.717, 1.165) is 10.9 Å². The largest absolute Gasteiger partial charge is 0.487 e. The van der Waals surface area contributed by atoms with E-state index in [1.165, 1.54) is 11.2 Å². The number of furan rings is 1. The van der Waals surface area contributed by atoms with Gasteiger partial charge in [-0.1, -0.05) is 24.8 Å². The summed E-state index contributed by atoms with van der Waals surface area (Å²) in [4.78, 5) is 29.7. The van der Waals surface area contributed by atoms with Crippen LogP contribution in [0, 0.1) is 6.92 Å². The van der Waals surface area contributed by atoms with Crippen LogP contribution in [0.1, 0.15) is 11.5 Å². The Hall–Kier alpha value is -3.78. The number of aromatic nitrogens is 1. The van der Waals surface area contributed by atoms with E-state index in [1.807, 2.05) is 43.3 Å². The zero-order chi connectivity index (χ0) is 21.5. The van der Waals surface area contributed by atoms with Crippen molar-refractivity contribution in [3.8, 4) is 17.2 Å². The van der Waals surface area contributed by atoms with E-state index < -0.39 is 10.4 Å². The smallest absolute Gasteiger partial charge is 0.301 e. The lowest BCUT2D eigenvalue weighted by Crippen LogP contribution is -2.20. The van der Waals surface area contributed by atoms with Crippen LogP contribution in [0.3, 0.4) is 0 Å². The van der Waals surface area contributed by atoms with Crippen LogP contribution in [0.15, 0.2) is 75.9 Å². The van der Waals surface area contributed by atoms with Crippen LogP contribution in [0.25, 0.3) is 22.2 Å². The number of thioether (sulfide) groups is 1. The number of anilines is 1. The summed E-state index contributed by atoms with van der Waals surface area (Å²) in [5, 5.41) is 0.586. The maximum atomic E-state index is 12.2. The quantitative estimate of drug-likeness (QED) is 0.375. The maximum Gasteiger partial charge on any atom is 0.301 e. The van der Waals surface area contributed by atoms with Crippen LogP contribution in [0.4, 0.5) is 10.7 Å². The number of aryl methyl sites for hydroxylation is 1. The Kier molecular flexibility index (Phi) is 4.63. The molecule has 1 aliphatic heterocycles. The number of nitrogens with zero attached hydrogens (tertiary/aromatic N) is 2. The van der Waals surface area contributed by atoms with E-state index in [-0.39, 0.29) is 18.2 Å². The Morgan fingerprint density at radius 2 is 1.97 bits per heavy atom. The number of hydrogen-bond acceptors (Lipinski definition) is 7. The van der Waals surface area contributed by atoms with E-state index in [1.54, 1.807) is 12.1 Å². The van der Waals surface area contributed by atoms with E-state index >= 15 is 0 Å². The van der Waals surface area contributed by atoms with E-state index in [4.69, 9.17) is 13.6 Å². The predicted octanol–water partition coefficient (Wildman–Crippen LogP) is 5.69. The molecule has 0 bridgehead atoms. The maximum absolute atomic E-state index is 12.2. The molecule has 8 heteroatoms. The summed E-state index contributed by atoms with van der Waals surface area (Å²) >= 11 is 0.596. The number of ether oxygens (including phenoxy) is 1. The fourth-order valence-corrected chi connectivity index (χ4v) is 3.93. The van der Waals surface area contributed by atoms with Crippen molar-refractivity contribution in [1.82, 2.24) is 4.98 Å². The van der Waals surface area contributed by atoms with Crippen LogP contribution in [-0.2, 0) is 11.4 Å². The van der Waals surface area contributed by atoms with Crippen molar-refractivity contribution in [3.63, 3.8) is 0 Å². The zero-order valence-corrected chi connectivity index (χ0v) is 17.3. The Bertz CT molecular complexity index is 1340. The number of carbonyl (C=O) groups excluding carboxylic acids is 2. The number of carbonyl (C=O) groups is 2. The first-order chi connectivity index (χ1) is 15.0. The third-order valence-electron chi connectivity index (χ3n) is 4.91. The minimum absolute atomic E-state index is 0.0734. The second-order valence-electron chi connectivity index (χ2n) is 6.90. The molecule has 154 valence electrons. The molecule has 0 aliphatic carbocycles. The van der Waals surface area contributed by atoms with Crippen molar-refractivity contribution in [2.24, 2.45) is 0 Å². The molecule has 3 heterocycles. The average Bonchev–Trinajstić information content (AvgIpc) is 3.42. The minimum atomic E-state index is -0.441. The van der Waals surface area contributed by atoms with Gasteiger partial charge >= 0.3 is 5.24 Å². The van der Waals surface area contributed by atoms with Gasteiger partial charge in [0.25, 0.3) is 0 Å². The number of rotatable bonds is 5.